The predicted molar refractivity (Wildman–Crippen MR) is 239 cm³/mol. The molecule has 0 spiro atoms. The van der Waals surface area contributed by atoms with Crippen molar-refractivity contribution >= 4 is 11.9 Å². The monoisotopic (exact) mass is 933 g/mol. The van der Waals surface area contributed by atoms with Crippen LogP contribution in [0.25, 0.3) is 0 Å². The molecule has 0 radical (unpaired) electrons. The number of rotatable bonds is 44. The summed E-state index contributed by atoms with van der Waals surface area (Å²) in [5, 5.41) is 155. The molecule has 0 heterocycles. The van der Waals surface area contributed by atoms with Crippen molar-refractivity contribution in [1.29, 1.82) is 0 Å². The summed E-state index contributed by atoms with van der Waals surface area (Å²) in [5.41, 5.74) is -3.34. The number of hydrogen-bond donors (Lipinski definition) is 16. The van der Waals surface area contributed by atoms with Crippen molar-refractivity contribution in [2.75, 3.05) is 0 Å². The van der Waals surface area contributed by atoms with E-state index in [4.69, 9.17) is 10.2 Å². The first-order chi connectivity index (χ1) is 30.1. The molecule has 0 saturated carbocycles. The fourth-order valence-corrected chi connectivity index (χ4v) is 8.76. The van der Waals surface area contributed by atoms with Crippen LogP contribution in [0.1, 0.15) is 225 Å². The van der Waals surface area contributed by atoms with Crippen molar-refractivity contribution in [2.45, 2.75) is 274 Å². The molecule has 0 amide bonds. The second-order valence-corrected chi connectivity index (χ2v) is 18.2. The number of aliphatic hydroxyl groups excluding tert-OH is 6. The summed E-state index contributed by atoms with van der Waals surface area (Å²) in [6.45, 7) is 0. The van der Waals surface area contributed by atoms with Gasteiger partial charge in [-0.05, 0) is 135 Å². The van der Waals surface area contributed by atoms with Crippen LogP contribution in [-0.4, -0.2) is 143 Å². The second-order valence-electron chi connectivity index (χ2n) is 18.2. The van der Waals surface area contributed by atoms with Gasteiger partial charge in [-0.15, -0.1) is 0 Å². The molecule has 0 aromatic carbocycles. The van der Waals surface area contributed by atoms with Crippen LogP contribution in [0, 0.1) is 5.41 Å². The van der Waals surface area contributed by atoms with Crippen LogP contribution in [0.15, 0.2) is 0 Å². The Morgan fingerprint density at radius 1 is 0.312 bits per heavy atom. The van der Waals surface area contributed by atoms with Crippen LogP contribution in [0.3, 0.4) is 0 Å². The number of carbonyl (C=O) groups is 2. The molecule has 64 heavy (non-hydrogen) atoms. The maximum Gasteiger partial charge on any atom is 0.303 e. The minimum absolute atomic E-state index is 0.0628. The standard InChI is InChI=1S/C40H82O14.C6H10O4/c41-32(42)19-7-1-13-25-38(26-14-2-8-20-33(43)44,40(54,29-17-5-11-23-36(49)50)30-18-6-12-24-37(51)52)31-39(53,27-15-3-9-21-34(45)46)28-16-4-10-22-35(47)48;7-5(8)3-1-2-4-6(9)10/h32-37,41-54H,1-31H2;1-4H2,(H,7,8)(H,9,10). The van der Waals surface area contributed by atoms with Gasteiger partial charge in [-0.25, -0.2) is 0 Å². The van der Waals surface area contributed by atoms with Crippen molar-refractivity contribution in [3.63, 3.8) is 0 Å². The average Bonchev–Trinajstić information content (AvgIpc) is 3.18. The molecule has 0 aromatic rings. The van der Waals surface area contributed by atoms with Crippen LogP contribution in [0.4, 0.5) is 0 Å². The SMILES string of the molecule is O=C(O)CCCCC(=O)O.OC(O)CCCCCC(O)(CCCCCC(O)O)CC(CCCCCC(O)O)(CCCCCC(O)O)C(O)(CCCCCC(O)O)CCCCCC(O)O. The lowest BCUT2D eigenvalue weighted by Gasteiger charge is -2.52. The number of aliphatic hydroxyl groups is 14. The van der Waals surface area contributed by atoms with E-state index in [0.717, 1.165) is 0 Å². The maximum atomic E-state index is 13.2. The zero-order valence-electron chi connectivity index (χ0n) is 38.7. The highest BCUT2D eigenvalue weighted by Gasteiger charge is 2.51. The molecule has 0 aliphatic rings. The van der Waals surface area contributed by atoms with E-state index in [9.17, 15) is 81.1 Å². The first-order valence-electron chi connectivity index (χ1n) is 24.1. The van der Waals surface area contributed by atoms with E-state index in [1.54, 1.807) is 0 Å². The van der Waals surface area contributed by atoms with E-state index in [1.807, 2.05) is 0 Å². The molecule has 0 atom stereocenters. The number of unbranched alkanes of at least 4 members (excludes halogenated alkanes) is 13. The predicted octanol–water partition coefficient (Wildman–Crippen LogP) is 4.11. The highest BCUT2D eigenvalue weighted by molar-refractivity contribution is 5.67. The fraction of sp³-hybridized carbons (Fsp3) is 0.957. The molecule has 0 rings (SSSR count). The average molecular weight is 933 g/mol. The van der Waals surface area contributed by atoms with Gasteiger partial charge in [-0.3, -0.25) is 9.59 Å². The Bertz CT molecular complexity index is 1020. The minimum Gasteiger partial charge on any atom is -0.481 e. The van der Waals surface area contributed by atoms with E-state index in [1.165, 1.54) is 0 Å². The summed E-state index contributed by atoms with van der Waals surface area (Å²) >= 11 is 0. The lowest BCUT2D eigenvalue weighted by atomic mass is 9.57. The Labute approximate surface area is 381 Å². The molecule has 0 unspecified atom stereocenters. The molecule has 18 heteroatoms. The number of aliphatic carboxylic acids is 2. The van der Waals surface area contributed by atoms with Crippen LogP contribution in [0.5, 0.6) is 0 Å². The first-order valence-corrected chi connectivity index (χ1v) is 24.1. The summed E-state index contributed by atoms with van der Waals surface area (Å²) in [5.74, 6) is -1.74. The molecule has 0 saturated heterocycles. The maximum absolute atomic E-state index is 13.2. The Kier molecular flexibility index (Phi) is 39.7. The Hall–Kier alpha value is -1.62. The molecular weight excluding hydrogens is 840 g/mol. The third-order valence-electron chi connectivity index (χ3n) is 12.2. The van der Waals surface area contributed by atoms with Gasteiger partial charge in [0.25, 0.3) is 0 Å². The van der Waals surface area contributed by atoms with Crippen LogP contribution >= 0.6 is 0 Å². The lowest BCUT2D eigenvalue weighted by molar-refractivity contribution is -0.151. The number of carboxylic acid groups (broad SMARTS) is 2. The number of hydrogen-bond acceptors (Lipinski definition) is 16. The third-order valence-corrected chi connectivity index (χ3v) is 12.2. The molecule has 0 aliphatic carbocycles. The van der Waals surface area contributed by atoms with Crippen molar-refractivity contribution in [2.24, 2.45) is 5.41 Å². The summed E-state index contributed by atoms with van der Waals surface area (Å²) in [6, 6.07) is 0. The molecule has 384 valence electrons. The molecule has 0 aromatic heterocycles. The van der Waals surface area contributed by atoms with Gasteiger partial charge in [0.15, 0.2) is 37.7 Å². The van der Waals surface area contributed by atoms with Crippen molar-refractivity contribution in [3.8, 4) is 0 Å². The quantitative estimate of drug-likeness (QED) is 0.0302. The van der Waals surface area contributed by atoms with Gasteiger partial charge in [0.1, 0.15) is 0 Å². The minimum atomic E-state index is -1.42. The molecule has 0 bridgehead atoms. The van der Waals surface area contributed by atoms with E-state index >= 15 is 0 Å². The zero-order chi connectivity index (χ0) is 48.9. The lowest BCUT2D eigenvalue weighted by Crippen LogP contribution is -2.53. The van der Waals surface area contributed by atoms with Crippen molar-refractivity contribution < 1.29 is 91.3 Å². The van der Waals surface area contributed by atoms with E-state index in [-0.39, 0.29) is 57.8 Å². The van der Waals surface area contributed by atoms with Crippen LogP contribution in [-0.2, 0) is 9.59 Å². The van der Waals surface area contributed by atoms with Gasteiger partial charge in [0, 0.05) is 18.3 Å². The zero-order valence-corrected chi connectivity index (χ0v) is 38.7. The Morgan fingerprint density at radius 3 is 0.781 bits per heavy atom. The highest BCUT2D eigenvalue weighted by Crippen LogP contribution is 2.53. The van der Waals surface area contributed by atoms with E-state index in [0.29, 0.717) is 167 Å². The van der Waals surface area contributed by atoms with Gasteiger partial charge >= 0.3 is 11.9 Å². The fourth-order valence-electron chi connectivity index (χ4n) is 8.76. The summed E-state index contributed by atoms with van der Waals surface area (Å²) in [4.78, 5) is 19.8. The van der Waals surface area contributed by atoms with Gasteiger partial charge in [0.05, 0.1) is 11.2 Å². The first kappa shape index (κ1) is 64.5. The summed E-state index contributed by atoms with van der Waals surface area (Å²) < 4.78 is 0. The third kappa shape index (κ3) is 38.5. The molecule has 0 aliphatic heterocycles. The smallest absolute Gasteiger partial charge is 0.303 e. The molecule has 16 N–H and O–H groups in total. The van der Waals surface area contributed by atoms with Crippen LogP contribution in [0.2, 0.25) is 0 Å². The Morgan fingerprint density at radius 2 is 0.547 bits per heavy atom. The van der Waals surface area contributed by atoms with Crippen molar-refractivity contribution in [1.82, 2.24) is 0 Å². The number of carboxylic acids is 2. The topological polar surface area (TPSA) is 358 Å². The van der Waals surface area contributed by atoms with E-state index in [2.05, 4.69) is 0 Å². The summed E-state index contributed by atoms with van der Waals surface area (Å²) in [7, 11) is 0. The van der Waals surface area contributed by atoms with Crippen molar-refractivity contribution in [3.05, 3.63) is 0 Å². The van der Waals surface area contributed by atoms with Crippen LogP contribution < -0.4 is 0 Å². The largest absolute Gasteiger partial charge is 0.481 e. The highest BCUT2D eigenvalue weighted by atomic mass is 16.5. The molecular formula is C46H92O18. The van der Waals surface area contributed by atoms with E-state index < -0.39 is 66.3 Å². The summed E-state index contributed by atoms with van der Waals surface area (Å²) in [6.07, 6.45) is 7.75. The van der Waals surface area contributed by atoms with Gasteiger partial charge in [0.2, 0.25) is 0 Å². The normalized spacial score (nSPS) is 12.7. The second kappa shape index (κ2) is 39.4. The molecule has 18 nitrogen and oxygen atoms in total. The van der Waals surface area contributed by atoms with Gasteiger partial charge in [-0.2, -0.15) is 0 Å². The molecule has 0 fully saturated rings. The van der Waals surface area contributed by atoms with Gasteiger partial charge < -0.3 is 81.7 Å². The Balaban J connectivity index is 0. The van der Waals surface area contributed by atoms with Gasteiger partial charge in [-0.1, -0.05) is 77.0 Å².